The Morgan fingerprint density at radius 2 is 2.25 bits per heavy atom. The van der Waals surface area contributed by atoms with E-state index >= 15 is 0 Å². The molecule has 1 heterocycles. The normalized spacial score (nSPS) is 15.5. The summed E-state index contributed by atoms with van der Waals surface area (Å²) < 4.78 is 19.9. The van der Waals surface area contributed by atoms with Gasteiger partial charge in [-0.1, -0.05) is 18.2 Å². The maximum absolute atomic E-state index is 14.2. The van der Waals surface area contributed by atoms with Crippen LogP contribution in [0.15, 0.2) is 42.3 Å². The smallest absolute Gasteiger partial charge is 0.213 e. The van der Waals surface area contributed by atoms with Crippen LogP contribution < -0.4 is 4.90 Å². The summed E-state index contributed by atoms with van der Waals surface area (Å²) in [5, 5.41) is 9.14. The van der Waals surface area contributed by atoms with Gasteiger partial charge in [-0.2, -0.15) is 0 Å². The number of aliphatic hydroxyl groups excluding tert-OH is 1. The van der Waals surface area contributed by atoms with Crippen molar-refractivity contribution >= 4 is 12.1 Å². The second kappa shape index (κ2) is 8.49. The van der Waals surface area contributed by atoms with Gasteiger partial charge in [-0.3, -0.25) is 4.79 Å². The van der Waals surface area contributed by atoms with Gasteiger partial charge in [-0.25, -0.2) is 4.39 Å². The summed E-state index contributed by atoms with van der Waals surface area (Å²) in [5.74, 6) is 0.540. The lowest BCUT2D eigenvalue weighted by Gasteiger charge is -2.41. The number of carbonyl (C=O) groups is 1. The van der Waals surface area contributed by atoms with E-state index in [4.69, 9.17) is 9.84 Å². The van der Waals surface area contributed by atoms with E-state index in [0.29, 0.717) is 43.1 Å². The topological polar surface area (TPSA) is 53.0 Å². The third kappa shape index (κ3) is 4.35. The Hall–Kier alpha value is -2.34. The second-order valence-corrected chi connectivity index (χ2v) is 5.79. The number of ether oxygens (including phenoxy) is 1. The monoisotopic (exact) mass is 334 g/mol. The maximum atomic E-state index is 14.2. The van der Waals surface area contributed by atoms with Crippen LogP contribution in [0.1, 0.15) is 12.5 Å². The molecule has 0 radical (unpaired) electrons. The van der Waals surface area contributed by atoms with Crippen molar-refractivity contribution in [3.05, 3.63) is 53.7 Å². The van der Waals surface area contributed by atoms with E-state index in [9.17, 15) is 9.18 Å². The first-order valence-corrected chi connectivity index (χ1v) is 7.86. The first kappa shape index (κ1) is 18.0. The minimum atomic E-state index is -0.360. The largest absolute Gasteiger partial charge is 0.492 e. The molecule has 0 bridgehead atoms. The zero-order valence-corrected chi connectivity index (χ0v) is 14.0. The molecule has 6 heteroatoms. The number of nitrogens with zero attached hydrogens (tertiary/aromatic N) is 2. The molecule has 24 heavy (non-hydrogen) atoms. The highest BCUT2D eigenvalue weighted by molar-refractivity contribution is 5.52. The number of hydrogen-bond donors (Lipinski definition) is 1. The minimum absolute atomic E-state index is 0.289. The standard InChI is InChI=1S/C18H23FN2O3/c1-3-5-16(10-20(2)13-23)24-12-14-8-21(9-14)17-7-4-6-15(11-22)18(17)19/h3-7,10,13-14,22H,8-9,11-12H2,1-2H3/b5-3-,16-10+. The summed E-state index contributed by atoms with van der Waals surface area (Å²) >= 11 is 0. The van der Waals surface area contributed by atoms with E-state index in [1.54, 1.807) is 37.5 Å². The molecular weight excluding hydrogens is 311 g/mol. The number of aliphatic hydroxyl groups is 1. The van der Waals surface area contributed by atoms with Gasteiger partial charge in [0.15, 0.2) is 5.82 Å². The summed E-state index contributed by atoms with van der Waals surface area (Å²) in [5.41, 5.74) is 0.824. The third-order valence-corrected chi connectivity index (χ3v) is 3.84. The van der Waals surface area contributed by atoms with Crippen molar-refractivity contribution in [1.29, 1.82) is 0 Å². The Kier molecular flexibility index (Phi) is 6.37. The zero-order valence-electron chi connectivity index (χ0n) is 14.0. The molecule has 0 unspecified atom stereocenters. The fourth-order valence-electron chi connectivity index (χ4n) is 2.54. The van der Waals surface area contributed by atoms with Crippen molar-refractivity contribution in [2.75, 3.05) is 31.6 Å². The number of benzene rings is 1. The molecule has 1 amide bonds. The van der Waals surface area contributed by atoms with Crippen LogP contribution in [0.25, 0.3) is 0 Å². The number of carbonyl (C=O) groups excluding carboxylic acids is 1. The van der Waals surface area contributed by atoms with Gasteiger partial charge in [-0.15, -0.1) is 0 Å². The predicted octanol–water partition coefficient (Wildman–Crippen LogP) is 2.28. The lowest BCUT2D eigenvalue weighted by Crippen LogP contribution is -2.49. The van der Waals surface area contributed by atoms with Crippen LogP contribution in [0.5, 0.6) is 0 Å². The van der Waals surface area contributed by atoms with Crippen LogP contribution >= 0.6 is 0 Å². The van der Waals surface area contributed by atoms with E-state index in [-0.39, 0.29) is 18.3 Å². The highest BCUT2D eigenvalue weighted by Gasteiger charge is 2.29. The van der Waals surface area contributed by atoms with Crippen molar-refractivity contribution in [3.63, 3.8) is 0 Å². The zero-order chi connectivity index (χ0) is 17.5. The Morgan fingerprint density at radius 1 is 1.50 bits per heavy atom. The van der Waals surface area contributed by atoms with Gasteiger partial charge >= 0.3 is 0 Å². The number of hydrogen-bond acceptors (Lipinski definition) is 4. The van der Waals surface area contributed by atoms with Gasteiger partial charge in [-0.05, 0) is 19.1 Å². The molecule has 1 fully saturated rings. The molecule has 0 aliphatic carbocycles. The maximum Gasteiger partial charge on any atom is 0.213 e. The van der Waals surface area contributed by atoms with Crippen LogP contribution in [0.3, 0.4) is 0 Å². The van der Waals surface area contributed by atoms with Crippen LogP contribution in [0.4, 0.5) is 10.1 Å². The lowest BCUT2D eigenvalue weighted by molar-refractivity contribution is -0.115. The Bertz CT molecular complexity index is 625. The Labute approximate surface area is 141 Å². The minimum Gasteiger partial charge on any atom is -0.492 e. The molecule has 1 N–H and O–H groups in total. The van der Waals surface area contributed by atoms with Crippen LogP contribution in [0.2, 0.25) is 0 Å². The summed E-state index contributed by atoms with van der Waals surface area (Å²) in [6.07, 6.45) is 5.96. The van der Waals surface area contributed by atoms with E-state index in [1.807, 2.05) is 17.9 Å². The van der Waals surface area contributed by atoms with E-state index in [2.05, 4.69) is 0 Å². The molecule has 0 atom stereocenters. The Morgan fingerprint density at radius 3 is 2.88 bits per heavy atom. The fourth-order valence-corrected chi connectivity index (χ4v) is 2.54. The van der Waals surface area contributed by atoms with Crippen molar-refractivity contribution in [2.24, 2.45) is 5.92 Å². The first-order chi connectivity index (χ1) is 11.6. The molecule has 1 aliphatic heterocycles. The Balaban J connectivity index is 1.89. The van der Waals surface area contributed by atoms with Crippen molar-refractivity contribution < 1.29 is 19.0 Å². The average molecular weight is 334 g/mol. The van der Waals surface area contributed by atoms with Gasteiger partial charge < -0.3 is 19.6 Å². The molecule has 5 nitrogen and oxygen atoms in total. The number of allylic oxidation sites excluding steroid dienone is 2. The number of amides is 1. The molecule has 0 saturated carbocycles. The average Bonchev–Trinajstić information content (AvgIpc) is 2.54. The summed E-state index contributed by atoms with van der Waals surface area (Å²) in [6, 6.07) is 5.04. The molecule has 130 valence electrons. The SMILES string of the molecule is C/C=C\C(=C/N(C)C=O)OCC1CN(c2cccc(CO)c2F)C1. The molecule has 2 rings (SSSR count). The molecule has 1 aliphatic rings. The van der Waals surface area contributed by atoms with Crippen LogP contribution in [-0.4, -0.2) is 43.2 Å². The lowest BCUT2D eigenvalue weighted by atomic mass is 9.99. The molecular formula is C18H23FN2O3. The van der Waals surface area contributed by atoms with Crippen LogP contribution in [-0.2, 0) is 16.1 Å². The number of halogens is 1. The quantitative estimate of drug-likeness (QED) is 0.450. The predicted molar refractivity (Wildman–Crippen MR) is 90.7 cm³/mol. The summed E-state index contributed by atoms with van der Waals surface area (Å²) in [4.78, 5) is 14.0. The highest BCUT2D eigenvalue weighted by atomic mass is 19.1. The second-order valence-electron chi connectivity index (χ2n) is 5.79. The molecule has 0 aromatic heterocycles. The highest BCUT2D eigenvalue weighted by Crippen LogP contribution is 2.29. The third-order valence-electron chi connectivity index (χ3n) is 3.84. The van der Waals surface area contributed by atoms with Crippen molar-refractivity contribution in [1.82, 2.24) is 4.90 Å². The fraction of sp³-hybridized carbons (Fsp3) is 0.389. The molecule has 0 spiro atoms. The van der Waals surface area contributed by atoms with Gasteiger partial charge in [0.2, 0.25) is 6.41 Å². The summed E-state index contributed by atoms with van der Waals surface area (Å²) in [6.45, 7) is 3.46. The summed E-state index contributed by atoms with van der Waals surface area (Å²) in [7, 11) is 1.64. The number of anilines is 1. The molecule has 1 saturated heterocycles. The molecule has 1 aromatic carbocycles. The number of rotatable bonds is 8. The molecule has 1 aromatic rings. The van der Waals surface area contributed by atoms with Gasteiger partial charge in [0, 0.05) is 37.8 Å². The first-order valence-electron chi connectivity index (χ1n) is 7.86. The van der Waals surface area contributed by atoms with E-state index in [1.165, 1.54) is 4.90 Å². The van der Waals surface area contributed by atoms with Crippen LogP contribution in [0, 0.1) is 11.7 Å². The van der Waals surface area contributed by atoms with Crippen molar-refractivity contribution in [2.45, 2.75) is 13.5 Å². The van der Waals surface area contributed by atoms with Gasteiger partial charge in [0.05, 0.1) is 18.9 Å². The van der Waals surface area contributed by atoms with E-state index < -0.39 is 0 Å². The van der Waals surface area contributed by atoms with Crippen molar-refractivity contribution in [3.8, 4) is 0 Å². The van der Waals surface area contributed by atoms with E-state index in [0.717, 1.165) is 0 Å². The van der Waals surface area contributed by atoms with Gasteiger partial charge in [0.25, 0.3) is 0 Å². The van der Waals surface area contributed by atoms with Gasteiger partial charge in [0.1, 0.15) is 5.76 Å².